The van der Waals surface area contributed by atoms with Crippen LogP contribution in [-0.4, -0.2) is 21.0 Å². The van der Waals surface area contributed by atoms with Crippen molar-refractivity contribution in [3.63, 3.8) is 0 Å². The van der Waals surface area contributed by atoms with Crippen LogP contribution in [0.15, 0.2) is 41.9 Å². The van der Waals surface area contributed by atoms with Gasteiger partial charge in [-0.25, -0.2) is 4.98 Å². The molecule has 5 nitrogen and oxygen atoms in total. The number of hydrogen-bond acceptors (Lipinski definition) is 5. The maximum atomic E-state index is 4.68. The molecule has 114 valence electrons. The fraction of sp³-hybridized carbons (Fsp3) is 0.176. The number of rotatable bonds is 4. The minimum absolute atomic E-state index is 0.568. The van der Waals surface area contributed by atoms with Crippen LogP contribution in [0.3, 0.4) is 0 Å². The smallest absolute Gasteiger partial charge is 0.229 e. The zero-order valence-electron chi connectivity index (χ0n) is 12.3. The van der Waals surface area contributed by atoms with Gasteiger partial charge in [0.1, 0.15) is 5.82 Å². The Balaban J connectivity index is 1.53. The Morgan fingerprint density at radius 1 is 1.13 bits per heavy atom. The molecule has 0 saturated heterocycles. The van der Waals surface area contributed by atoms with Gasteiger partial charge in [-0.15, -0.1) is 11.3 Å². The fourth-order valence-corrected chi connectivity index (χ4v) is 3.48. The quantitative estimate of drug-likeness (QED) is 0.518. The molecule has 0 spiro atoms. The minimum atomic E-state index is 0.568. The molecule has 1 aliphatic carbocycles. The predicted octanol–water partition coefficient (Wildman–Crippen LogP) is 4.49. The van der Waals surface area contributed by atoms with Gasteiger partial charge in [-0.05, 0) is 47.9 Å². The molecule has 1 aliphatic rings. The summed E-state index contributed by atoms with van der Waals surface area (Å²) in [7, 11) is 0. The van der Waals surface area contributed by atoms with E-state index in [-0.39, 0.29) is 0 Å². The van der Waals surface area contributed by atoms with Crippen LogP contribution in [0.1, 0.15) is 12.8 Å². The van der Waals surface area contributed by atoms with Crippen molar-refractivity contribution in [2.24, 2.45) is 0 Å². The van der Waals surface area contributed by atoms with Gasteiger partial charge in [-0.1, -0.05) is 6.07 Å². The molecule has 23 heavy (non-hydrogen) atoms. The predicted molar refractivity (Wildman–Crippen MR) is 95.6 cm³/mol. The monoisotopic (exact) mass is 321 g/mol. The average Bonchev–Trinajstić information content (AvgIpc) is 3.06. The molecule has 0 aliphatic heterocycles. The van der Waals surface area contributed by atoms with Crippen molar-refractivity contribution in [2.45, 2.75) is 18.9 Å². The largest absolute Gasteiger partial charge is 0.366 e. The van der Waals surface area contributed by atoms with E-state index >= 15 is 0 Å². The first-order valence-corrected chi connectivity index (χ1v) is 8.59. The number of aromatic nitrogens is 3. The summed E-state index contributed by atoms with van der Waals surface area (Å²) in [6.45, 7) is 0. The lowest BCUT2D eigenvalue weighted by molar-refractivity contribution is 1.11. The summed E-state index contributed by atoms with van der Waals surface area (Å²) < 4.78 is 1.13. The molecule has 4 aromatic rings. The number of aromatic amines is 1. The van der Waals surface area contributed by atoms with E-state index in [1.165, 1.54) is 18.2 Å². The van der Waals surface area contributed by atoms with Gasteiger partial charge in [0.25, 0.3) is 0 Å². The normalized spacial score (nSPS) is 14.4. The maximum absolute atomic E-state index is 4.68. The topological polar surface area (TPSA) is 65.6 Å². The first kappa shape index (κ1) is 12.9. The molecule has 3 heterocycles. The highest BCUT2D eigenvalue weighted by Crippen LogP contribution is 2.32. The Morgan fingerprint density at radius 2 is 2.09 bits per heavy atom. The summed E-state index contributed by atoms with van der Waals surface area (Å²) >= 11 is 1.68. The molecule has 5 rings (SSSR count). The minimum Gasteiger partial charge on any atom is -0.366 e. The zero-order valence-corrected chi connectivity index (χ0v) is 13.2. The molecule has 1 fully saturated rings. The van der Waals surface area contributed by atoms with Crippen molar-refractivity contribution in [1.82, 2.24) is 15.0 Å². The second-order valence-electron chi connectivity index (χ2n) is 5.85. The number of benzene rings is 1. The molecule has 0 bridgehead atoms. The van der Waals surface area contributed by atoms with E-state index in [0.29, 0.717) is 12.0 Å². The van der Waals surface area contributed by atoms with Crippen LogP contribution in [0.25, 0.3) is 21.1 Å². The van der Waals surface area contributed by atoms with E-state index in [1.54, 1.807) is 11.3 Å². The van der Waals surface area contributed by atoms with Crippen LogP contribution in [-0.2, 0) is 0 Å². The van der Waals surface area contributed by atoms with Crippen molar-refractivity contribution in [1.29, 1.82) is 0 Å². The molecular weight excluding hydrogens is 306 g/mol. The fourth-order valence-electron chi connectivity index (χ4n) is 2.69. The van der Waals surface area contributed by atoms with Gasteiger partial charge in [0.2, 0.25) is 5.95 Å². The van der Waals surface area contributed by atoms with Crippen molar-refractivity contribution in [2.75, 3.05) is 10.6 Å². The Bertz CT molecular complexity index is 998. The number of fused-ring (bicyclic) bond motifs is 2. The van der Waals surface area contributed by atoms with Crippen LogP contribution >= 0.6 is 11.3 Å². The number of H-pyrrole nitrogens is 1. The van der Waals surface area contributed by atoms with Gasteiger partial charge < -0.3 is 15.6 Å². The molecule has 1 aromatic carbocycles. The van der Waals surface area contributed by atoms with E-state index in [1.807, 2.05) is 18.3 Å². The second-order valence-corrected chi connectivity index (χ2v) is 6.77. The number of nitrogens with one attached hydrogen (secondary N) is 3. The summed E-state index contributed by atoms with van der Waals surface area (Å²) in [5.41, 5.74) is 3.06. The third-order valence-corrected chi connectivity index (χ3v) is 4.94. The third kappa shape index (κ3) is 2.41. The summed E-state index contributed by atoms with van der Waals surface area (Å²) in [5.74, 6) is 1.57. The Morgan fingerprint density at radius 3 is 3.00 bits per heavy atom. The van der Waals surface area contributed by atoms with Crippen LogP contribution in [0.2, 0.25) is 0 Å². The first-order valence-electron chi connectivity index (χ1n) is 7.71. The first-order chi connectivity index (χ1) is 11.3. The number of thiophene rings is 1. The van der Waals surface area contributed by atoms with E-state index < -0.39 is 0 Å². The highest BCUT2D eigenvalue weighted by atomic mass is 32.1. The lowest BCUT2D eigenvalue weighted by atomic mass is 10.2. The maximum Gasteiger partial charge on any atom is 0.229 e. The molecular formula is C17H15N5S. The second kappa shape index (κ2) is 4.96. The molecule has 1 saturated carbocycles. The van der Waals surface area contributed by atoms with E-state index in [2.05, 4.69) is 49.2 Å². The third-order valence-electron chi connectivity index (χ3n) is 4.03. The number of anilines is 3. The summed E-state index contributed by atoms with van der Waals surface area (Å²) in [4.78, 5) is 12.5. The molecule has 3 aromatic heterocycles. The van der Waals surface area contributed by atoms with Gasteiger partial charge in [-0.3, -0.25) is 0 Å². The van der Waals surface area contributed by atoms with Gasteiger partial charge in [0, 0.05) is 23.4 Å². The SMILES string of the molecule is c1cc2ccc(Nc3nc(NC4CC4)c4sccc4n3)cc2[nH]1. The van der Waals surface area contributed by atoms with Crippen LogP contribution in [0.4, 0.5) is 17.5 Å². The van der Waals surface area contributed by atoms with Crippen LogP contribution in [0.5, 0.6) is 0 Å². The lowest BCUT2D eigenvalue weighted by Crippen LogP contribution is -2.06. The summed E-state index contributed by atoms with van der Waals surface area (Å²) in [6, 6.07) is 10.9. The van der Waals surface area contributed by atoms with Gasteiger partial charge in [0.05, 0.1) is 10.2 Å². The molecule has 0 radical (unpaired) electrons. The standard InChI is InChI=1S/C17H15N5S/c1-2-12(9-14-10(1)5-7-18-14)20-17-21-13-6-8-23-15(13)16(22-17)19-11-3-4-11/h1-2,5-9,11,18H,3-4H2,(H2,19,20,21,22). The van der Waals surface area contributed by atoms with Gasteiger partial charge in [-0.2, -0.15) is 4.98 Å². The van der Waals surface area contributed by atoms with Crippen molar-refractivity contribution in [3.8, 4) is 0 Å². The summed E-state index contributed by atoms with van der Waals surface area (Å²) in [5, 5.41) is 10.1. The molecule has 0 atom stereocenters. The lowest BCUT2D eigenvalue weighted by Gasteiger charge is -2.09. The highest BCUT2D eigenvalue weighted by molar-refractivity contribution is 7.17. The van der Waals surface area contributed by atoms with Crippen LogP contribution < -0.4 is 10.6 Å². The van der Waals surface area contributed by atoms with Gasteiger partial charge >= 0.3 is 0 Å². The van der Waals surface area contributed by atoms with E-state index in [4.69, 9.17) is 0 Å². The molecule has 6 heteroatoms. The molecule has 0 amide bonds. The van der Waals surface area contributed by atoms with Crippen LogP contribution in [0, 0.1) is 0 Å². The number of hydrogen-bond donors (Lipinski definition) is 3. The molecule has 3 N–H and O–H groups in total. The van der Waals surface area contributed by atoms with E-state index in [9.17, 15) is 0 Å². The average molecular weight is 321 g/mol. The summed E-state index contributed by atoms with van der Waals surface area (Å²) in [6.07, 6.45) is 4.40. The van der Waals surface area contributed by atoms with Crippen molar-refractivity contribution in [3.05, 3.63) is 41.9 Å². The number of nitrogens with zero attached hydrogens (tertiary/aromatic N) is 2. The van der Waals surface area contributed by atoms with Gasteiger partial charge in [0.15, 0.2) is 0 Å². The van der Waals surface area contributed by atoms with Crippen molar-refractivity contribution < 1.29 is 0 Å². The Labute approximate surface area is 136 Å². The van der Waals surface area contributed by atoms with Crippen molar-refractivity contribution >= 4 is 49.9 Å². The highest BCUT2D eigenvalue weighted by Gasteiger charge is 2.23. The zero-order chi connectivity index (χ0) is 15.2. The molecule has 0 unspecified atom stereocenters. The Hall–Kier alpha value is -2.60. The van der Waals surface area contributed by atoms with E-state index in [0.717, 1.165) is 27.2 Å². The Kier molecular flexibility index (Phi) is 2.78.